The van der Waals surface area contributed by atoms with E-state index in [9.17, 15) is 4.79 Å². The third-order valence-electron chi connectivity index (χ3n) is 4.62. The van der Waals surface area contributed by atoms with Crippen LogP contribution in [0.3, 0.4) is 0 Å². The van der Waals surface area contributed by atoms with Crippen LogP contribution in [0.15, 0.2) is 34.9 Å². The number of likely N-dealkylation sites (tertiary alicyclic amines) is 1. The number of piperidine rings is 1. The Kier molecular flexibility index (Phi) is 4.93. The average Bonchev–Trinajstić information content (AvgIpc) is 3.32. The molecule has 1 aliphatic heterocycles. The van der Waals surface area contributed by atoms with Gasteiger partial charge in [-0.25, -0.2) is 4.68 Å². The van der Waals surface area contributed by atoms with Crippen molar-refractivity contribution in [3.8, 4) is 11.4 Å². The summed E-state index contributed by atoms with van der Waals surface area (Å²) in [6.07, 6.45) is 3.70. The Bertz CT molecular complexity index is 927. The minimum Gasteiger partial charge on any atom is -0.359 e. The number of tetrazole rings is 1. The summed E-state index contributed by atoms with van der Waals surface area (Å²) in [6.45, 7) is 2.81. The molecule has 0 saturated carbocycles. The minimum atomic E-state index is -0.308. The second-order valence-corrected chi connectivity index (χ2v) is 6.68. The summed E-state index contributed by atoms with van der Waals surface area (Å²) in [5, 5.41) is 18.2. The molecule has 0 bridgehead atoms. The van der Waals surface area contributed by atoms with Crippen LogP contribution < -0.4 is 5.32 Å². The maximum Gasteiger partial charge on any atom is 0.277 e. The molecule has 1 N–H and O–H groups in total. The van der Waals surface area contributed by atoms with E-state index < -0.39 is 0 Å². The van der Waals surface area contributed by atoms with Gasteiger partial charge in [0.1, 0.15) is 0 Å². The number of hydrogen-bond donors (Lipinski definition) is 1. The van der Waals surface area contributed by atoms with Gasteiger partial charge in [0, 0.05) is 24.4 Å². The molecule has 0 spiro atoms. The molecule has 0 atom stereocenters. The fourth-order valence-electron chi connectivity index (χ4n) is 3.24. The van der Waals surface area contributed by atoms with Crippen molar-refractivity contribution in [3.05, 3.63) is 41.8 Å². The van der Waals surface area contributed by atoms with Gasteiger partial charge in [-0.2, -0.15) is 0 Å². The van der Waals surface area contributed by atoms with Crippen molar-refractivity contribution < 1.29 is 9.32 Å². The third kappa shape index (κ3) is 4.03. The van der Waals surface area contributed by atoms with Crippen LogP contribution in [0.1, 0.15) is 35.5 Å². The molecule has 4 rings (SSSR count). The van der Waals surface area contributed by atoms with Crippen LogP contribution in [0.2, 0.25) is 0 Å². The molecule has 27 heavy (non-hydrogen) atoms. The van der Waals surface area contributed by atoms with E-state index in [2.05, 4.69) is 30.9 Å². The second-order valence-electron chi connectivity index (χ2n) is 6.68. The lowest BCUT2D eigenvalue weighted by Crippen LogP contribution is -2.28. The summed E-state index contributed by atoms with van der Waals surface area (Å²) in [5.41, 5.74) is 1.72. The maximum absolute atomic E-state index is 12.5. The van der Waals surface area contributed by atoms with Crippen LogP contribution in [-0.2, 0) is 13.6 Å². The molecule has 1 fully saturated rings. The zero-order chi connectivity index (χ0) is 18.6. The fourth-order valence-corrected chi connectivity index (χ4v) is 3.24. The zero-order valence-electron chi connectivity index (χ0n) is 15.1. The van der Waals surface area contributed by atoms with Crippen LogP contribution in [0.5, 0.6) is 0 Å². The summed E-state index contributed by atoms with van der Waals surface area (Å²) in [5.74, 6) is 1.02. The van der Waals surface area contributed by atoms with Gasteiger partial charge >= 0.3 is 0 Å². The quantitative estimate of drug-likeness (QED) is 0.737. The molecule has 0 radical (unpaired) electrons. The van der Waals surface area contributed by atoms with Crippen LogP contribution in [0, 0.1) is 0 Å². The summed E-state index contributed by atoms with van der Waals surface area (Å²) in [7, 11) is 1.76. The number of rotatable bonds is 5. The van der Waals surface area contributed by atoms with E-state index in [4.69, 9.17) is 4.52 Å². The van der Waals surface area contributed by atoms with Crippen LogP contribution in [0.25, 0.3) is 11.4 Å². The molecule has 1 aromatic carbocycles. The Hall–Kier alpha value is -3.07. The van der Waals surface area contributed by atoms with Crippen LogP contribution in [-0.4, -0.2) is 49.3 Å². The standard InChI is InChI=1S/C18H21N7O2/c1-24-17(20-22-23-24)13-6-5-7-14(10-13)19-18(26)16-11-15(27-21-16)12-25-8-3-2-4-9-25/h5-7,10-11H,2-4,8-9,12H2,1H3,(H,19,26). The molecule has 1 amide bonds. The monoisotopic (exact) mass is 367 g/mol. The number of amides is 1. The molecule has 0 aliphatic carbocycles. The van der Waals surface area contributed by atoms with Crippen molar-refractivity contribution in [2.45, 2.75) is 25.8 Å². The molecule has 3 heterocycles. The lowest BCUT2D eigenvalue weighted by Gasteiger charge is -2.24. The Morgan fingerprint density at radius 1 is 1.22 bits per heavy atom. The summed E-state index contributed by atoms with van der Waals surface area (Å²) >= 11 is 0. The predicted octanol–water partition coefficient (Wildman–Crippen LogP) is 2.10. The molecule has 9 heteroatoms. The van der Waals surface area contributed by atoms with Gasteiger partial charge in [0.2, 0.25) is 0 Å². The van der Waals surface area contributed by atoms with Crippen molar-refractivity contribution in [1.29, 1.82) is 0 Å². The third-order valence-corrected chi connectivity index (χ3v) is 4.62. The lowest BCUT2D eigenvalue weighted by molar-refractivity contribution is 0.101. The van der Waals surface area contributed by atoms with Crippen molar-refractivity contribution in [2.24, 2.45) is 7.05 Å². The molecule has 3 aromatic rings. The van der Waals surface area contributed by atoms with E-state index in [-0.39, 0.29) is 11.6 Å². The van der Waals surface area contributed by atoms with Gasteiger partial charge in [0.05, 0.1) is 6.54 Å². The van der Waals surface area contributed by atoms with Gasteiger partial charge in [-0.15, -0.1) is 5.10 Å². The SMILES string of the molecule is Cn1nnnc1-c1cccc(NC(=O)c2cc(CN3CCCCC3)on2)c1. The number of carbonyl (C=O) groups excluding carboxylic acids is 1. The van der Waals surface area contributed by atoms with Crippen LogP contribution in [0.4, 0.5) is 5.69 Å². The van der Waals surface area contributed by atoms with E-state index in [1.807, 2.05) is 18.2 Å². The first-order valence-electron chi connectivity index (χ1n) is 9.01. The number of hydrogen-bond acceptors (Lipinski definition) is 7. The highest BCUT2D eigenvalue weighted by Crippen LogP contribution is 2.20. The van der Waals surface area contributed by atoms with E-state index in [1.165, 1.54) is 19.3 Å². The normalized spacial score (nSPS) is 15.0. The van der Waals surface area contributed by atoms with Gasteiger partial charge in [0.15, 0.2) is 17.3 Å². The van der Waals surface area contributed by atoms with Crippen molar-refractivity contribution in [1.82, 2.24) is 30.3 Å². The molecule has 1 saturated heterocycles. The van der Waals surface area contributed by atoms with E-state index in [0.29, 0.717) is 23.8 Å². The highest BCUT2D eigenvalue weighted by molar-refractivity contribution is 6.03. The van der Waals surface area contributed by atoms with Crippen LogP contribution >= 0.6 is 0 Å². The van der Waals surface area contributed by atoms with Crippen molar-refractivity contribution in [3.63, 3.8) is 0 Å². The van der Waals surface area contributed by atoms with Gasteiger partial charge < -0.3 is 9.84 Å². The smallest absolute Gasteiger partial charge is 0.277 e. The highest BCUT2D eigenvalue weighted by Gasteiger charge is 2.17. The first-order chi connectivity index (χ1) is 13.2. The molecule has 0 unspecified atom stereocenters. The number of anilines is 1. The number of benzene rings is 1. The first-order valence-corrected chi connectivity index (χ1v) is 9.01. The minimum absolute atomic E-state index is 0.271. The maximum atomic E-state index is 12.5. The molecule has 140 valence electrons. The van der Waals surface area contributed by atoms with E-state index >= 15 is 0 Å². The Morgan fingerprint density at radius 2 is 2.07 bits per heavy atom. The summed E-state index contributed by atoms with van der Waals surface area (Å²) < 4.78 is 6.92. The molecular weight excluding hydrogens is 346 g/mol. The summed E-state index contributed by atoms with van der Waals surface area (Å²) in [6, 6.07) is 9.05. The Labute approximate surface area is 156 Å². The molecule has 1 aliphatic rings. The lowest BCUT2D eigenvalue weighted by atomic mass is 10.1. The number of aryl methyl sites for hydroxylation is 1. The Morgan fingerprint density at radius 3 is 2.85 bits per heavy atom. The van der Waals surface area contributed by atoms with Gasteiger partial charge in [-0.05, 0) is 48.5 Å². The van der Waals surface area contributed by atoms with Crippen molar-refractivity contribution >= 4 is 11.6 Å². The Balaban J connectivity index is 1.43. The average molecular weight is 367 g/mol. The number of nitrogens with one attached hydrogen (secondary N) is 1. The van der Waals surface area contributed by atoms with E-state index in [1.54, 1.807) is 23.9 Å². The van der Waals surface area contributed by atoms with Gasteiger partial charge in [-0.1, -0.05) is 23.7 Å². The number of nitrogens with zero attached hydrogens (tertiary/aromatic N) is 6. The molecule has 2 aromatic heterocycles. The first kappa shape index (κ1) is 17.3. The highest BCUT2D eigenvalue weighted by atomic mass is 16.5. The second kappa shape index (κ2) is 7.67. The van der Waals surface area contributed by atoms with Gasteiger partial charge in [-0.3, -0.25) is 9.69 Å². The summed E-state index contributed by atoms with van der Waals surface area (Å²) in [4.78, 5) is 14.8. The number of carbonyl (C=O) groups is 1. The molecular formula is C18H21N7O2. The predicted molar refractivity (Wildman–Crippen MR) is 97.8 cm³/mol. The number of aromatic nitrogens is 5. The van der Waals surface area contributed by atoms with E-state index in [0.717, 1.165) is 18.7 Å². The van der Waals surface area contributed by atoms with Crippen molar-refractivity contribution in [2.75, 3.05) is 18.4 Å². The topological polar surface area (TPSA) is 102 Å². The molecule has 9 nitrogen and oxygen atoms in total. The van der Waals surface area contributed by atoms with Gasteiger partial charge in [0.25, 0.3) is 5.91 Å². The fraction of sp³-hybridized carbons (Fsp3) is 0.389. The largest absolute Gasteiger partial charge is 0.359 e. The zero-order valence-corrected chi connectivity index (χ0v) is 15.1.